The van der Waals surface area contributed by atoms with Crippen molar-refractivity contribution in [2.45, 2.75) is 52.1 Å². The largest absolute Gasteiger partial charge is 0.338 e. The molecule has 1 fully saturated rings. The number of hydrogen-bond acceptors (Lipinski definition) is 2. The minimum Gasteiger partial charge on any atom is -0.338 e. The molecule has 1 saturated heterocycles. The minimum absolute atomic E-state index is 0.0393. The zero-order chi connectivity index (χ0) is 19.0. The number of carbonyl (C=O) groups is 1. The second-order valence-corrected chi connectivity index (χ2v) is 7.60. The van der Waals surface area contributed by atoms with E-state index in [0.29, 0.717) is 16.8 Å². The van der Waals surface area contributed by atoms with Gasteiger partial charge in [0.15, 0.2) is 5.43 Å². The fourth-order valence-corrected chi connectivity index (χ4v) is 4.39. The van der Waals surface area contributed by atoms with E-state index < -0.39 is 0 Å². The molecular formula is C23H26N2O2. The molecule has 1 aliphatic heterocycles. The van der Waals surface area contributed by atoms with Gasteiger partial charge in [-0.2, -0.15) is 0 Å². The van der Waals surface area contributed by atoms with Crippen molar-refractivity contribution in [1.29, 1.82) is 0 Å². The first kappa shape index (κ1) is 17.8. The van der Waals surface area contributed by atoms with Crippen LogP contribution in [0.5, 0.6) is 0 Å². The van der Waals surface area contributed by atoms with Gasteiger partial charge < -0.3 is 9.47 Å². The summed E-state index contributed by atoms with van der Waals surface area (Å²) in [5.74, 6) is 0.150. The Morgan fingerprint density at radius 3 is 2.67 bits per heavy atom. The quantitative estimate of drug-likeness (QED) is 0.654. The highest BCUT2D eigenvalue weighted by molar-refractivity contribution is 5.95. The number of piperidine rings is 1. The SMILES string of the molecule is CC[C@H]1CCCCN1C(=O)Cn1c2ccccc2c(=O)c2cc(C)ccc21. The van der Waals surface area contributed by atoms with Crippen molar-refractivity contribution >= 4 is 27.7 Å². The van der Waals surface area contributed by atoms with Gasteiger partial charge in [-0.05, 0) is 56.9 Å². The van der Waals surface area contributed by atoms with Gasteiger partial charge in [0, 0.05) is 23.4 Å². The number of carbonyl (C=O) groups excluding carboxylic acids is 1. The van der Waals surface area contributed by atoms with Gasteiger partial charge in [-0.25, -0.2) is 0 Å². The second-order valence-electron chi connectivity index (χ2n) is 7.60. The number of pyridine rings is 1. The third kappa shape index (κ3) is 3.14. The highest BCUT2D eigenvalue weighted by Gasteiger charge is 2.26. The number of hydrogen-bond donors (Lipinski definition) is 0. The Morgan fingerprint density at radius 1 is 1.07 bits per heavy atom. The molecule has 1 aliphatic rings. The molecule has 1 atom stereocenters. The molecular weight excluding hydrogens is 336 g/mol. The van der Waals surface area contributed by atoms with Crippen LogP contribution in [-0.4, -0.2) is 28.0 Å². The number of nitrogens with zero attached hydrogens (tertiary/aromatic N) is 2. The average Bonchev–Trinajstić information content (AvgIpc) is 2.71. The number of likely N-dealkylation sites (tertiary alicyclic amines) is 1. The number of para-hydroxylation sites is 1. The van der Waals surface area contributed by atoms with E-state index in [1.807, 2.05) is 54.0 Å². The van der Waals surface area contributed by atoms with Crippen LogP contribution < -0.4 is 5.43 Å². The van der Waals surface area contributed by atoms with Crippen LogP contribution in [0.2, 0.25) is 0 Å². The molecule has 0 spiro atoms. The van der Waals surface area contributed by atoms with E-state index in [1.54, 1.807) is 0 Å². The highest BCUT2D eigenvalue weighted by atomic mass is 16.2. The van der Waals surface area contributed by atoms with Crippen molar-refractivity contribution < 1.29 is 4.79 Å². The average molecular weight is 362 g/mol. The molecule has 140 valence electrons. The maximum absolute atomic E-state index is 13.2. The van der Waals surface area contributed by atoms with Crippen molar-refractivity contribution in [2.24, 2.45) is 0 Å². The van der Waals surface area contributed by atoms with Crippen molar-refractivity contribution in [3.05, 3.63) is 58.3 Å². The molecule has 27 heavy (non-hydrogen) atoms. The number of amides is 1. The van der Waals surface area contributed by atoms with Crippen LogP contribution in [0.3, 0.4) is 0 Å². The van der Waals surface area contributed by atoms with E-state index in [9.17, 15) is 9.59 Å². The lowest BCUT2D eigenvalue weighted by atomic mass is 10.00. The molecule has 4 nitrogen and oxygen atoms in total. The van der Waals surface area contributed by atoms with Crippen molar-refractivity contribution in [1.82, 2.24) is 9.47 Å². The van der Waals surface area contributed by atoms with Crippen LogP contribution in [0, 0.1) is 6.92 Å². The lowest BCUT2D eigenvalue weighted by Gasteiger charge is -2.35. The summed E-state index contributed by atoms with van der Waals surface area (Å²) in [6.07, 6.45) is 4.36. The molecule has 0 bridgehead atoms. The summed E-state index contributed by atoms with van der Waals surface area (Å²) in [6, 6.07) is 13.9. The summed E-state index contributed by atoms with van der Waals surface area (Å²) in [5.41, 5.74) is 2.76. The summed E-state index contributed by atoms with van der Waals surface area (Å²) in [5, 5.41) is 1.36. The number of fused-ring (bicyclic) bond motifs is 2. The molecule has 0 N–H and O–H groups in total. The lowest BCUT2D eigenvalue weighted by Crippen LogP contribution is -2.45. The monoisotopic (exact) mass is 362 g/mol. The van der Waals surface area contributed by atoms with Gasteiger partial charge in [0.05, 0.1) is 11.0 Å². The predicted molar refractivity (Wildman–Crippen MR) is 110 cm³/mol. The van der Waals surface area contributed by atoms with Gasteiger partial charge in [-0.3, -0.25) is 9.59 Å². The maximum atomic E-state index is 13.2. The first-order valence-corrected chi connectivity index (χ1v) is 9.91. The number of rotatable bonds is 3. The Kier molecular flexibility index (Phi) is 4.73. The maximum Gasteiger partial charge on any atom is 0.242 e. The van der Waals surface area contributed by atoms with Crippen LogP contribution in [0.25, 0.3) is 21.8 Å². The second kappa shape index (κ2) is 7.18. The van der Waals surface area contributed by atoms with E-state index in [4.69, 9.17) is 0 Å². The number of aryl methyl sites for hydroxylation is 1. The fraction of sp³-hybridized carbons (Fsp3) is 0.391. The summed E-state index contributed by atoms with van der Waals surface area (Å²) in [6.45, 7) is 5.26. The zero-order valence-corrected chi connectivity index (χ0v) is 16.1. The van der Waals surface area contributed by atoms with Gasteiger partial charge in [0.25, 0.3) is 0 Å². The van der Waals surface area contributed by atoms with Crippen molar-refractivity contribution in [2.75, 3.05) is 6.54 Å². The molecule has 4 rings (SSSR count). The molecule has 2 aromatic carbocycles. The molecule has 0 aliphatic carbocycles. The zero-order valence-electron chi connectivity index (χ0n) is 16.1. The standard InChI is InChI=1S/C23H26N2O2/c1-3-17-8-6-7-13-24(17)22(26)15-25-20-10-5-4-9-18(20)23(27)19-14-16(2)11-12-21(19)25/h4-5,9-12,14,17H,3,6-8,13,15H2,1-2H3/t17-/m0/s1. The van der Waals surface area contributed by atoms with E-state index in [0.717, 1.165) is 42.4 Å². The Hall–Kier alpha value is -2.62. The van der Waals surface area contributed by atoms with E-state index in [1.165, 1.54) is 6.42 Å². The lowest BCUT2D eigenvalue weighted by molar-refractivity contribution is -0.135. The van der Waals surface area contributed by atoms with E-state index in [-0.39, 0.29) is 17.9 Å². The molecule has 4 heteroatoms. The summed E-state index contributed by atoms with van der Waals surface area (Å²) >= 11 is 0. The van der Waals surface area contributed by atoms with E-state index >= 15 is 0 Å². The topological polar surface area (TPSA) is 42.3 Å². The van der Waals surface area contributed by atoms with Gasteiger partial charge in [-0.15, -0.1) is 0 Å². The third-order valence-electron chi connectivity index (χ3n) is 5.84. The highest BCUT2D eigenvalue weighted by Crippen LogP contribution is 2.23. The third-order valence-corrected chi connectivity index (χ3v) is 5.84. The molecule has 0 radical (unpaired) electrons. The summed E-state index contributed by atoms with van der Waals surface area (Å²) in [7, 11) is 0. The van der Waals surface area contributed by atoms with Gasteiger partial charge in [-0.1, -0.05) is 30.7 Å². The molecule has 3 aromatic rings. The molecule has 1 aromatic heterocycles. The number of benzene rings is 2. The summed E-state index contributed by atoms with van der Waals surface area (Å²) < 4.78 is 2.02. The molecule has 0 unspecified atom stereocenters. The number of aromatic nitrogens is 1. The minimum atomic E-state index is 0.0393. The van der Waals surface area contributed by atoms with Crippen LogP contribution in [0.15, 0.2) is 47.3 Å². The van der Waals surface area contributed by atoms with Gasteiger partial charge in [0.1, 0.15) is 6.54 Å². The Balaban J connectivity index is 1.86. The van der Waals surface area contributed by atoms with Crippen LogP contribution in [0.4, 0.5) is 0 Å². The van der Waals surface area contributed by atoms with Crippen LogP contribution >= 0.6 is 0 Å². The molecule has 2 heterocycles. The molecule has 0 saturated carbocycles. The smallest absolute Gasteiger partial charge is 0.242 e. The molecule has 1 amide bonds. The first-order chi connectivity index (χ1) is 13.1. The normalized spacial score (nSPS) is 17.6. The van der Waals surface area contributed by atoms with Crippen molar-refractivity contribution in [3.63, 3.8) is 0 Å². The first-order valence-electron chi connectivity index (χ1n) is 9.91. The van der Waals surface area contributed by atoms with E-state index in [2.05, 4.69) is 11.8 Å². The Morgan fingerprint density at radius 2 is 1.85 bits per heavy atom. The van der Waals surface area contributed by atoms with Crippen LogP contribution in [0.1, 0.15) is 38.2 Å². The van der Waals surface area contributed by atoms with Gasteiger partial charge in [0.2, 0.25) is 5.91 Å². The van der Waals surface area contributed by atoms with Crippen molar-refractivity contribution in [3.8, 4) is 0 Å². The van der Waals surface area contributed by atoms with Gasteiger partial charge >= 0.3 is 0 Å². The summed E-state index contributed by atoms with van der Waals surface area (Å²) in [4.78, 5) is 28.2. The Labute approximate surface area is 159 Å². The Bertz CT molecular complexity index is 1070. The fourth-order valence-electron chi connectivity index (χ4n) is 4.39. The predicted octanol–water partition coefficient (Wildman–Crippen LogP) is 4.25. The van der Waals surface area contributed by atoms with Crippen LogP contribution in [-0.2, 0) is 11.3 Å².